The van der Waals surface area contributed by atoms with E-state index in [1.807, 2.05) is 36.7 Å². The summed E-state index contributed by atoms with van der Waals surface area (Å²) in [7, 11) is 3.33. The predicted octanol–water partition coefficient (Wildman–Crippen LogP) is 5.59. The lowest BCUT2D eigenvalue weighted by atomic mass is 9.98. The summed E-state index contributed by atoms with van der Waals surface area (Å²) in [6.45, 7) is 2.12. The highest BCUT2D eigenvalue weighted by Crippen LogP contribution is 2.35. The Labute approximate surface area is 166 Å². The largest absolute Gasteiger partial charge is 0.493 e. The molecule has 2 aromatic carbocycles. The summed E-state index contributed by atoms with van der Waals surface area (Å²) in [6.07, 6.45) is 5.55. The molecule has 0 N–H and O–H groups in total. The topological polar surface area (TPSA) is 44.2 Å². The minimum absolute atomic E-state index is 0. The van der Waals surface area contributed by atoms with Crippen LogP contribution in [0.2, 0.25) is 0 Å². The summed E-state index contributed by atoms with van der Waals surface area (Å²) >= 11 is 0. The van der Waals surface area contributed by atoms with Gasteiger partial charge in [0.1, 0.15) is 0 Å². The van der Waals surface area contributed by atoms with E-state index in [2.05, 4.69) is 30.1 Å². The maximum atomic E-state index is 5.52. The van der Waals surface area contributed by atoms with Crippen molar-refractivity contribution in [1.29, 1.82) is 0 Å². The first kappa shape index (κ1) is 19.6. The minimum Gasteiger partial charge on any atom is -0.493 e. The second kappa shape index (κ2) is 8.26. The molecule has 28 heavy (non-hydrogen) atoms. The molecule has 2 heterocycles. The number of para-hydroxylation sites is 1. The Balaban J connectivity index is 0.00000225. The molecule has 4 aromatic rings. The van der Waals surface area contributed by atoms with Crippen molar-refractivity contribution in [2.24, 2.45) is 0 Å². The molecule has 0 bridgehead atoms. The van der Waals surface area contributed by atoms with Crippen molar-refractivity contribution in [3.05, 3.63) is 71.7 Å². The highest BCUT2D eigenvalue weighted by atomic mass is 16.5. The number of nitrogens with zero attached hydrogens (tertiary/aromatic N) is 2. The van der Waals surface area contributed by atoms with Crippen LogP contribution in [0.1, 0.15) is 31.2 Å². The van der Waals surface area contributed by atoms with Crippen LogP contribution in [0.4, 0.5) is 0 Å². The first-order valence-corrected chi connectivity index (χ1v) is 9.09. The number of benzene rings is 2. The van der Waals surface area contributed by atoms with Crippen molar-refractivity contribution in [3.8, 4) is 11.5 Å². The molecule has 0 spiro atoms. The Kier molecular flexibility index (Phi) is 5.78. The molecule has 144 valence electrons. The third-order valence-corrected chi connectivity index (χ3v) is 4.93. The lowest BCUT2D eigenvalue weighted by Crippen LogP contribution is -1.99. The number of hydrogen-bond acceptors (Lipinski definition) is 4. The second-order valence-corrected chi connectivity index (χ2v) is 6.55. The van der Waals surface area contributed by atoms with Gasteiger partial charge < -0.3 is 9.47 Å². The molecule has 0 unspecified atom stereocenters. The van der Waals surface area contributed by atoms with Gasteiger partial charge in [-0.1, -0.05) is 32.5 Å². The van der Waals surface area contributed by atoms with Crippen molar-refractivity contribution < 1.29 is 9.47 Å². The zero-order valence-electron chi connectivity index (χ0n) is 15.8. The Morgan fingerprint density at radius 1 is 0.857 bits per heavy atom. The number of hydrogen-bond donors (Lipinski definition) is 0. The van der Waals surface area contributed by atoms with Crippen LogP contribution >= 0.6 is 0 Å². The van der Waals surface area contributed by atoms with Gasteiger partial charge in [-0.3, -0.25) is 9.97 Å². The molecule has 0 amide bonds. The third-order valence-electron chi connectivity index (χ3n) is 4.93. The molecule has 0 aliphatic rings. The van der Waals surface area contributed by atoms with Crippen LogP contribution in [0.25, 0.3) is 21.7 Å². The molecule has 0 atom stereocenters. The van der Waals surface area contributed by atoms with E-state index in [1.54, 1.807) is 14.2 Å². The van der Waals surface area contributed by atoms with Gasteiger partial charge in [0.15, 0.2) is 11.5 Å². The van der Waals surface area contributed by atoms with Crippen molar-refractivity contribution in [2.45, 2.75) is 27.2 Å². The van der Waals surface area contributed by atoms with Gasteiger partial charge in [-0.25, -0.2) is 0 Å². The molecule has 0 fully saturated rings. The van der Waals surface area contributed by atoms with Crippen LogP contribution < -0.4 is 9.47 Å². The molecule has 4 nitrogen and oxygen atoms in total. The number of rotatable bonds is 5. The lowest BCUT2D eigenvalue weighted by Gasteiger charge is -2.14. The van der Waals surface area contributed by atoms with Gasteiger partial charge in [0.25, 0.3) is 0 Å². The van der Waals surface area contributed by atoms with E-state index < -0.39 is 0 Å². The third kappa shape index (κ3) is 3.50. The molecule has 4 heteroatoms. The predicted molar refractivity (Wildman–Crippen MR) is 116 cm³/mol. The van der Waals surface area contributed by atoms with E-state index in [1.165, 1.54) is 0 Å². The first-order valence-electron chi connectivity index (χ1n) is 9.09. The Bertz CT molecular complexity index is 1120. The summed E-state index contributed by atoms with van der Waals surface area (Å²) in [4.78, 5) is 9.29. The Morgan fingerprint density at radius 3 is 2.29 bits per heavy atom. The Hall–Kier alpha value is -3.14. The SMILES string of the molecule is C.CCc1ncc(Cc2cnc3ccccc3c2)c2cc(OC)c(OC)cc12. The highest BCUT2D eigenvalue weighted by molar-refractivity contribution is 5.91. The van der Waals surface area contributed by atoms with Crippen LogP contribution in [0.15, 0.2) is 54.9 Å². The average Bonchev–Trinajstić information content (AvgIpc) is 2.72. The van der Waals surface area contributed by atoms with Crippen molar-refractivity contribution in [2.75, 3.05) is 14.2 Å². The Morgan fingerprint density at radius 2 is 1.57 bits per heavy atom. The van der Waals surface area contributed by atoms with Gasteiger partial charge in [-0.05, 0) is 47.2 Å². The van der Waals surface area contributed by atoms with Crippen molar-refractivity contribution in [1.82, 2.24) is 9.97 Å². The van der Waals surface area contributed by atoms with Gasteiger partial charge in [-0.15, -0.1) is 0 Å². The molecular weight excluding hydrogens is 348 g/mol. The van der Waals surface area contributed by atoms with Crippen LogP contribution in [0.5, 0.6) is 11.5 Å². The van der Waals surface area contributed by atoms with E-state index in [9.17, 15) is 0 Å². The van der Waals surface area contributed by atoms with E-state index >= 15 is 0 Å². The number of ether oxygens (including phenoxy) is 2. The number of aromatic nitrogens is 2. The normalized spacial score (nSPS) is 10.7. The number of fused-ring (bicyclic) bond motifs is 2. The molecule has 0 saturated carbocycles. The van der Waals surface area contributed by atoms with Crippen molar-refractivity contribution >= 4 is 21.7 Å². The van der Waals surface area contributed by atoms with Gasteiger partial charge in [-0.2, -0.15) is 0 Å². The van der Waals surface area contributed by atoms with Crippen molar-refractivity contribution in [3.63, 3.8) is 0 Å². The van der Waals surface area contributed by atoms with Crippen LogP contribution in [0, 0.1) is 0 Å². The summed E-state index contributed by atoms with van der Waals surface area (Å²) in [5.41, 5.74) is 4.39. The number of pyridine rings is 2. The molecule has 4 rings (SSSR count). The summed E-state index contributed by atoms with van der Waals surface area (Å²) in [6, 6.07) is 14.5. The van der Waals surface area contributed by atoms with Gasteiger partial charge in [0.2, 0.25) is 0 Å². The van der Waals surface area contributed by atoms with Gasteiger partial charge >= 0.3 is 0 Å². The number of methoxy groups -OCH3 is 2. The summed E-state index contributed by atoms with van der Waals surface area (Å²) in [5, 5.41) is 3.41. The van der Waals surface area contributed by atoms with E-state index in [4.69, 9.17) is 14.5 Å². The van der Waals surface area contributed by atoms with Gasteiger partial charge in [0, 0.05) is 35.3 Å². The molecule has 0 saturated heterocycles. The van der Waals surface area contributed by atoms with Crippen LogP contribution in [-0.2, 0) is 12.8 Å². The average molecular weight is 374 g/mol. The first-order chi connectivity index (χ1) is 13.2. The van der Waals surface area contributed by atoms with Crippen LogP contribution in [-0.4, -0.2) is 24.2 Å². The maximum absolute atomic E-state index is 5.52. The standard InChI is InChI=1S/C23H22N2O2.CH4/c1-4-20-19-12-23(27-3)22(26-2)11-18(19)17(14-25-20)10-15-9-16-7-5-6-8-21(16)24-13-15;/h5-9,11-14H,4,10H2,1-3H3;1H4. The minimum atomic E-state index is 0. The molecule has 2 aromatic heterocycles. The fraction of sp³-hybridized carbons (Fsp3) is 0.250. The molecule has 0 aliphatic heterocycles. The fourth-order valence-electron chi connectivity index (χ4n) is 3.53. The highest BCUT2D eigenvalue weighted by Gasteiger charge is 2.13. The quantitative estimate of drug-likeness (QED) is 0.457. The monoisotopic (exact) mass is 374 g/mol. The smallest absolute Gasteiger partial charge is 0.161 e. The van der Waals surface area contributed by atoms with E-state index in [0.717, 1.165) is 62.8 Å². The summed E-state index contributed by atoms with van der Waals surface area (Å²) in [5.74, 6) is 1.46. The summed E-state index contributed by atoms with van der Waals surface area (Å²) < 4.78 is 11.0. The molecular formula is C24H26N2O2. The van der Waals surface area contributed by atoms with E-state index in [-0.39, 0.29) is 7.43 Å². The molecule has 0 aliphatic carbocycles. The lowest BCUT2D eigenvalue weighted by molar-refractivity contribution is 0.356. The second-order valence-electron chi connectivity index (χ2n) is 6.55. The van der Waals surface area contributed by atoms with E-state index in [0.29, 0.717) is 0 Å². The molecule has 0 radical (unpaired) electrons. The fourth-order valence-corrected chi connectivity index (χ4v) is 3.53. The maximum Gasteiger partial charge on any atom is 0.161 e. The van der Waals surface area contributed by atoms with Crippen LogP contribution in [0.3, 0.4) is 0 Å². The zero-order chi connectivity index (χ0) is 18.8. The number of aryl methyl sites for hydroxylation is 1. The zero-order valence-corrected chi connectivity index (χ0v) is 15.8. The van der Waals surface area contributed by atoms with Gasteiger partial charge in [0.05, 0.1) is 19.7 Å².